The van der Waals surface area contributed by atoms with E-state index in [-0.39, 0.29) is 0 Å². The van der Waals surface area contributed by atoms with Crippen LogP contribution in [0, 0.1) is 0 Å². The van der Waals surface area contributed by atoms with Crippen molar-refractivity contribution in [3.05, 3.63) is 0 Å². The van der Waals surface area contributed by atoms with Gasteiger partial charge in [0, 0.05) is 6.54 Å². The SMILES string of the molecule is CCCCCCCCCCCCCCCCCCCCCCCCCCNO. The van der Waals surface area contributed by atoms with E-state index < -0.39 is 0 Å². The summed E-state index contributed by atoms with van der Waals surface area (Å²) in [5.74, 6) is 0. The average Bonchev–Trinajstić information content (AvgIpc) is 2.71. The first-order chi connectivity index (χ1) is 13.9. The van der Waals surface area contributed by atoms with E-state index in [1.54, 1.807) is 0 Å². The molecule has 0 aliphatic rings. The molecule has 0 bridgehead atoms. The van der Waals surface area contributed by atoms with Crippen molar-refractivity contribution >= 4 is 0 Å². The summed E-state index contributed by atoms with van der Waals surface area (Å²) in [7, 11) is 0. The molecule has 0 aliphatic carbocycles. The number of hydroxylamine groups is 1. The van der Waals surface area contributed by atoms with Crippen LogP contribution in [0.15, 0.2) is 0 Å². The molecule has 2 heteroatoms. The van der Waals surface area contributed by atoms with Crippen molar-refractivity contribution < 1.29 is 5.21 Å². The van der Waals surface area contributed by atoms with Crippen LogP contribution < -0.4 is 5.48 Å². The molecular formula is C26H55NO. The van der Waals surface area contributed by atoms with Gasteiger partial charge in [-0.3, -0.25) is 0 Å². The Morgan fingerprint density at radius 3 is 0.786 bits per heavy atom. The van der Waals surface area contributed by atoms with Crippen LogP contribution in [0.1, 0.15) is 161 Å². The molecular weight excluding hydrogens is 342 g/mol. The van der Waals surface area contributed by atoms with Gasteiger partial charge in [-0.05, 0) is 6.42 Å². The molecule has 0 rings (SSSR count). The predicted molar refractivity (Wildman–Crippen MR) is 126 cm³/mol. The monoisotopic (exact) mass is 397 g/mol. The van der Waals surface area contributed by atoms with E-state index in [1.807, 2.05) is 0 Å². The van der Waals surface area contributed by atoms with Crippen LogP contribution in [-0.4, -0.2) is 11.8 Å². The van der Waals surface area contributed by atoms with Crippen molar-refractivity contribution in [3.63, 3.8) is 0 Å². The normalized spacial score (nSPS) is 11.4. The lowest BCUT2D eigenvalue weighted by Crippen LogP contribution is -2.07. The van der Waals surface area contributed by atoms with Crippen LogP contribution in [-0.2, 0) is 0 Å². The number of unbranched alkanes of at least 4 members (excludes halogenated alkanes) is 23. The Balaban J connectivity index is 2.96. The summed E-state index contributed by atoms with van der Waals surface area (Å²) < 4.78 is 0. The van der Waals surface area contributed by atoms with E-state index in [2.05, 4.69) is 12.4 Å². The number of hydrogen-bond acceptors (Lipinski definition) is 2. The largest absolute Gasteiger partial charge is 0.317 e. The Morgan fingerprint density at radius 2 is 0.571 bits per heavy atom. The van der Waals surface area contributed by atoms with Gasteiger partial charge in [0.2, 0.25) is 0 Å². The van der Waals surface area contributed by atoms with Gasteiger partial charge in [-0.25, -0.2) is 5.48 Å². The Bertz CT molecular complexity index is 231. The van der Waals surface area contributed by atoms with E-state index in [4.69, 9.17) is 5.21 Å². The second-order valence-corrected chi connectivity index (χ2v) is 9.04. The third-order valence-electron chi connectivity index (χ3n) is 6.14. The minimum absolute atomic E-state index is 0.749. The topological polar surface area (TPSA) is 32.3 Å². The summed E-state index contributed by atoms with van der Waals surface area (Å²) in [5.41, 5.74) is 2.23. The fourth-order valence-corrected chi connectivity index (χ4v) is 4.17. The maximum Gasteiger partial charge on any atom is 0.0207 e. The lowest BCUT2D eigenvalue weighted by Gasteiger charge is -2.04. The number of rotatable bonds is 25. The first kappa shape index (κ1) is 27.9. The van der Waals surface area contributed by atoms with Gasteiger partial charge in [0.25, 0.3) is 0 Å². The molecule has 0 aromatic rings. The Hall–Kier alpha value is -0.0800. The van der Waals surface area contributed by atoms with Gasteiger partial charge in [0.15, 0.2) is 0 Å². The molecule has 0 saturated carbocycles. The summed E-state index contributed by atoms with van der Waals surface area (Å²) in [6.45, 7) is 3.05. The van der Waals surface area contributed by atoms with Gasteiger partial charge in [0.05, 0.1) is 0 Å². The zero-order valence-electron chi connectivity index (χ0n) is 19.6. The highest BCUT2D eigenvalue weighted by atomic mass is 16.5. The molecule has 170 valence electrons. The molecule has 2 N–H and O–H groups in total. The fraction of sp³-hybridized carbons (Fsp3) is 1.00. The molecule has 0 unspecified atom stereocenters. The molecule has 0 spiro atoms. The minimum Gasteiger partial charge on any atom is -0.317 e. The van der Waals surface area contributed by atoms with Crippen molar-refractivity contribution in [1.82, 2.24) is 5.48 Å². The Labute approximate surface area is 178 Å². The van der Waals surface area contributed by atoms with Crippen LogP contribution in [0.5, 0.6) is 0 Å². The molecule has 2 nitrogen and oxygen atoms in total. The molecule has 0 amide bonds. The third kappa shape index (κ3) is 25.9. The lowest BCUT2D eigenvalue weighted by molar-refractivity contribution is 0.164. The molecule has 0 aliphatic heterocycles. The quantitative estimate of drug-likeness (QED) is 0.119. The summed E-state index contributed by atoms with van der Waals surface area (Å²) in [6.07, 6.45) is 34.2. The third-order valence-corrected chi connectivity index (χ3v) is 6.14. The predicted octanol–water partition coefficient (Wildman–Crippen LogP) is 9.35. The maximum atomic E-state index is 8.49. The Morgan fingerprint density at radius 1 is 0.357 bits per heavy atom. The van der Waals surface area contributed by atoms with E-state index in [0.29, 0.717) is 0 Å². The molecule has 28 heavy (non-hydrogen) atoms. The van der Waals surface area contributed by atoms with Gasteiger partial charge in [-0.15, -0.1) is 0 Å². The van der Waals surface area contributed by atoms with Crippen molar-refractivity contribution in [2.75, 3.05) is 6.54 Å². The lowest BCUT2D eigenvalue weighted by atomic mass is 10.0. The highest BCUT2D eigenvalue weighted by molar-refractivity contribution is 4.51. The molecule has 0 fully saturated rings. The van der Waals surface area contributed by atoms with Crippen molar-refractivity contribution in [1.29, 1.82) is 0 Å². The van der Waals surface area contributed by atoms with Crippen LogP contribution in [0.4, 0.5) is 0 Å². The highest BCUT2D eigenvalue weighted by Gasteiger charge is 1.96. The Kier molecular flexibility index (Phi) is 26.8. The van der Waals surface area contributed by atoms with Crippen LogP contribution in [0.25, 0.3) is 0 Å². The zero-order valence-corrected chi connectivity index (χ0v) is 19.6. The molecule has 0 aromatic carbocycles. The smallest absolute Gasteiger partial charge is 0.0207 e. The molecule has 0 radical (unpaired) electrons. The standard InChI is InChI=1S/C26H55NO/c1-2-3-4-5-6-7-8-9-10-11-12-13-14-15-16-17-18-19-20-21-22-23-24-25-26-27-28/h27-28H,2-26H2,1H3. The van der Waals surface area contributed by atoms with Crippen molar-refractivity contribution in [3.8, 4) is 0 Å². The van der Waals surface area contributed by atoms with Crippen molar-refractivity contribution in [2.45, 2.75) is 161 Å². The molecule has 0 atom stereocenters. The first-order valence-electron chi connectivity index (χ1n) is 13.3. The van der Waals surface area contributed by atoms with Crippen LogP contribution in [0.2, 0.25) is 0 Å². The van der Waals surface area contributed by atoms with E-state index in [0.717, 1.165) is 13.0 Å². The van der Waals surface area contributed by atoms with Gasteiger partial charge >= 0.3 is 0 Å². The average molecular weight is 398 g/mol. The van der Waals surface area contributed by atoms with Gasteiger partial charge in [-0.2, -0.15) is 0 Å². The van der Waals surface area contributed by atoms with Crippen LogP contribution in [0.3, 0.4) is 0 Å². The molecule has 0 saturated heterocycles. The molecule has 0 heterocycles. The minimum atomic E-state index is 0.749. The first-order valence-corrected chi connectivity index (χ1v) is 13.3. The van der Waals surface area contributed by atoms with Crippen molar-refractivity contribution in [2.24, 2.45) is 0 Å². The summed E-state index contributed by atoms with van der Waals surface area (Å²) in [6, 6.07) is 0. The van der Waals surface area contributed by atoms with E-state index in [1.165, 1.54) is 148 Å². The molecule has 0 aromatic heterocycles. The maximum absolute atomic E-state index is 8.49. The number of nitrogens with one attached hydrogen (secondary N) is 1. The van der Waals surface area contributed by atoms with Gasteiger partial charge < -0.3 is 5.21 Å². The van der Waals surface area contributed by atoms with Crippen LogP contribution >= 0.6 is 0 Å². The second-order valence-electron chi connectivity index (χ2n) is 9.04. The van der Waals surface area contributed by atoms with Gasteiger partial charge in [-0.1, -0.05) is 155 Å². The number of hydrogen-bond donors (Lipinski definition) is 2. The second kappa shape index (κ2) is 26.9. The highest BCUT2D eigenvalue weighted by Crippen LogP contribution is 2.15. The van der Waals surface area contributed by atoms with E-state index in [9.17, 15) is 0 Å². The van der Waals surface area contributed by atoms with E-state index >= 15 is 0 Å². The zero-order chi connectivity index (χ0) is 20.4. The van der Waals surface area contributed by atoms with Gasteiger partial charge in [0.1, 0.15) is 0 Å². The fourth-order valence-electron chi connectivity index (χ4n) is 4.17. The summed E-state index contributed by atoms with van der Waals surface area (Å²) in [5, 5.41) is 8.49. The summed E-state index contributed by atoms with van der Waals surface area (Å²) in [4.78, 5) is 0. The summed E-state index contributed by atoms with van der Waals surface area (Å²) >= 11 is 0.